The van der Waals surface area contributed by atoms with Crippen molar-refractivity contribution in [2.75, 3.05) is 0 Å². The number of nitrogens with zero attached hydrogens (tertiary/aromatic N) is 2. The number of rotatable bonds is 1. The van der Waals surface area contributed by atoms with Gasteiger partial charge in [-0.3, -0.25) is 0 Å². The Labute approximate surface area is 82.5 Å². The third kappa shape index (κ3) is 1.85. The molecule has 2 nitrogen and oxygen atoms in total. The summed E-state index contributed by atoms with van der Waals surface area (Å²) in [6.07, 6.45) is 2.93. The molecule has 1 aromatic heterocycles. The number of aromatic nitrogens is 2. The minimum absolute atomic E-state index is 0.116. The van der Waals surface area contributed by atoms with Crippen molar-refractivity contribution >= 4 is 15.9 Å². The van der Waals surface area contributed by atoms with Crippen LogP contribution in [0, 0.1) is 0 Å². The van der Waals surface area contributed by atoms with Gasteiger partial charge in [0.2, 0.25) is 5.92 Å². The molecule has 1 fully saturated rings. The lowest BCUT2D eigenvalue weighted by molar-refractivity contribution is -0.0885. The van der Waals surface area contributed by atoms with Crippen molar-refractivity contribution in [1.29, 1.82) is 0 Å². The molecule has 0 spiro atoms. The van der Waals surface area contributed by atoms with Gasteiger partial charge in [-0.15, -0.1) is 0 Å². The molecular formula is C8H7BrF2N2. The summed E-state index contributed by atoms with van der Waals surface area (Å²) in [5.41, 5.74) is 0. The van der Waals surface area contributed by atoms with Crippen molar-refractivity contribution in [1.82, 2.24) is 9.97 Å². The Bertz CT molecular complexity index is 304. The lowest BCUT2D eigenvalue weighted by Gasteiger charge is -2.33. The second-order valence-corrected chi connectivity index (χ2v) is 4.14. The van der Waals surface area contributed by atoms with E-state index >= 15 is 0 Å². The Morgan fingerprint density at radius 1 is 1.31 bits per heavy atom. The van der Waals surface area contributed by atoms with Crippen molar-refractivity contribution < 1.29 is 8.78 Å². The molecule has 0 atom stereocenters. The normalized spacial score (nSPS) is 21.2. The molecule has 1 saturated carbocycles. The van der Waals surface area contributed by atoms with Gasteiger partial charge in [0.25, 0.3) is 0 Å². The molecule has 0 radical (unpaired) electrons. The molecule has 0 aliphatic heterocycles. The molecular weight excluding hydrogens is 242 g/mol. The van der Waals surface area contributed by atoms with Crippen LogP contribution in [0.3, 0.4) is 0 Å². The van der Waals surface area contributed by atoms with E-state index in [4.69, 9.17) is 0 Å². The number of alkyl halides is 2. The maximum Gasteiger partial charge on any atom is 0.249 e. The van der Waals surface area contributed by atoms with Crippen molar-refractivity contribution in [3.63, 3.8) is 0 Å². The van der Waals surface area contributed by atoms with Crippen molar-refractivity contribution in [2.45, 2.75) is 24.7 Å². The van der Waals surface area contributed by atoms with Crippen LogP contribution in [0.5, 0.6) is 0 Å². The third-order valence-electron chi connectivity index (χ3n) is 2.10. The topological polar surface area (TPSA) is 25.8 Å². The zero-order valence-electron chi connectivity index (χ0n) is 6.67. The first kappa shape index (κ1) is 8.99. The Morgan fingerprint density at radius 3 is 2.31 bits per heavy atom. The van der Waals surface area contributed by atoms with Crippen LogP contribution in [0.1, 0.15) is 24.6 Å². The fraction of sp³-hybridized carbons (Fsp3) is 0.500. The summed E-state index contributed by atoms with van der Waals surface area (Å²) in [7, 11) is 0. The fourth-order valence-corrected chi connectivity index (χ4v) is 1.58. The molecule has 1 aliphatic rings. The summed E-state index contributed by atoms with van der Waals surface area (Å²) in [5.74, 6) is -2.14. The summed E-state index contributed by atoms with van der Waals surface area (Å²) < 4.78 is 25.7. The van der Waals surface area contributed by atoms with Gasteiger partial charge in [0.1, 0.15) is 5.82 Å². The zero-order chi connectivity index (χ0) is 9.47. The van der Waals surface area contributed by atoms with E-state index in [2.05, 4.69) is 25.9 Å². The summed E-state index contributed by atoms with van der Waals surface area (Å²) >= 11 is 3.18. The molecule has 2 rings (SSSR count). The van der Waals surface area contributed by atoms with E-state index in [0.29, 0.717) is 5.82 Å². The van der Waals surface area contributed by atoms with Crippen molar-refractivity contribution in [2.24, 2.45) is 0 Å². The molecule has 0 saturated heterocycles. The first-order chi connectivity index (χ1) is 6.07. The van der Waals surface area contributed by atoms with E-state index in [1.165, 1.54) is 0 Å². The second-order valence-electron chi connectivity index (χ2n) is 3.22. The molecule has 13 heavy (non-hydrogen) atoms. The Kier molecular flexibility index (Phi) is 2.06. The average Bonchev–Trinajstić information content (AvgIpc) is 2.01. The first-order valence-electron chi connectivity index (χ1n) is 3.92. The Morgan fingerprint density at radius 2 is 1.85 bits per heavy atom. The molecule has 0 bridgehead atoms. The standard InChI is InChI=1S/C8H7BrF2N2/c9-6-3-12-7(13-4-6)5-1-8(10,11)2-5/h3-5H,1-2H2. The van der Waals surface area contributed by atoms with Crippen LogP contribution in [-0.2, 0) is 0 Å². The number of hydrogen-bond donors (Lipinski definition) is 0. The van der Waals surface area contributed by atoms with E-state index in [1.807, 2.05) is 0 Å². The fourth-order valence-electron chi connectivity index (χ4n) is 1.38. The highest BCUT2D eigenvalue weighted by molar-refractivity contribution is 9.10. The van der Waals surface area contributed by atoms with E-state index in [-0.39, 0.29) is 18.8 Å². The molecule has 0 amide bonds. The van der Waals surface area contributed by atoms with Gasteiger partial charge in [0, 0.05) is 31.2 Å². The van der Waals surface area contributed by atoms with Gasteiger partial charge in [-0.2, -0.15) is 0 Å². The molecule has 0 aromatic carbocycles. The highest BCUT2D eigenvalue weighted by atomic mass is 79.9. The predicted octanol–water partition coefficient (Wildman–Crippen LogP) is 2.75. The number of hydrogen-bond acceptors (Lipinski definition) is 2. The highest BCUT2D eigenvalue weighted by Crippen LogP contribution is 2.47. The summed E-state index contributed by atoms with van der Waals surface area (Å²) in [4.78, 5) is 7.95. The summed E-state index contributed by atoms with van der Waals surface area (Å²) in [6, 6.07) is 0. The average molecular weight is 249 g/mol. The van der Waals surface area contributed by atoms with Crippen LogP contribution in [0.25, 0.3) is 0 Å². The van der Waals surface area contributed by atoms with E-state index in [1.54, 1.807) is 12.4 Å². The Balaban J connectivity index is 2.08. The second kappa shape index (κ2) is 2.97. The monoisotopic (exact) mass is 248 g/mol. The smallest absolute Gasteiger partial charge is 0.240 e. The summed E-state index contributed by atoms with van der Waals surface area (Å²) in [6.45, 7) is 0. The van der Waals surface area contributed by atoms with E-state index in [9.17, 15) is 8.78 Å². The van der Waals surface area contributed by atoms with Gasteiger partial charge < -0.3 is 0 Å². The predicted molar refractivity (Wildman–Crippen MR) is 46.7 cm³/mol. The van der Waals surface area contributed by atoms with Gasteiger partial charge in [0.05, 0.1) is 4.47 Å². The van der Waals surface area contributed by atoms with Crippen LogP contribution < -0.4 is 0 Å². The molecule has 1 heterocycles. The third-order valence-corrected chi connectivity index (χ3v) is 2.51. The number of halogens is 3. The van der Waals surface area contributed by atoms with Crippen LogP contribution in [0.15, 0.2) is 16.9 Å². The molecule has 1 aromatic rings. The van der Waals surface area contributed by atoms with Gasteiger partial charge in [0.15, 0.2) is 0 Å². The van der Waals surface area contributed by atoms with Gasteiger partial charge >= 0.3 is 0 Å². The SMILES string of the molecule is FC1(F)CC(c2ncc(Br)cn2)C1. The lowest BCUT2D eigenvalue weighted by atomic mass is 9.81. The van der Waals surface area contributed by atoms with E-state index in [0.717, 1.165) is 4.47 Å². The van der Waals surface area contributed by atoms with Gasteiger partial charge in [-0.05, 0) is 15.9 Å². The van der Waals surface area contributed by atoms with Gasteiger partial charge in [-0.25, -0.2) is 18.7 Å². The summed E-state index contributed by atoms with van der Waals surface area (Å²) in [5, 5.41) is 0. The molecule has 0 N–H and O–H groups in total. The molecule has 1 aliphatic carbocycles. The molecule has 70 valence electrons. The van der Waals surface area contributed by atoms with Crippen LogP contribution >= 0.6 is 15.9 Å². The van der Waals surface area contributed by atoms with Gasteiger partial charge in [-0.1, -0.05) is 0 Å². The van der Waals surface area contributed by atoms with Crippen LogP contribution in [0.4, 0.5) is 8.78 Å². The Hall–Kier alpha value is -0.580. The minimum atomic E-state index is -2.50. The largest absolute Gasteiger partial charge is 0.249 e. The van der Waals surface area contributed by atoms with Crippen LogP contribution in [-0.4, -0.2) is 15.9 Å². The molecule has 5 heteroatoms. The van der Waals surface area contributed by atoms with E-state index < -0.39 is 5.92 Å². The lowest BCUT2D eigenvalue weighted by Crippen LogP contribution is -2.34. The first-order valence-corrected chi connectivity index (χ1v) is 4.71. The zero-order valence-corrected chi connectivity index (χ0v) is 8.26. The minimum Gasteiger partial charge on any atom is -0.240 e. The van der Waals surface area contributed by atoms with Crippen molar-refractivity contribution in [3.05, 3.63) is 22.7 Å². The molecule has 0 unspecified atom stereocenters. The maximum absolute atomic E-state index is 12.5. The quantitative estimate of drug-likeness (QED) is 0.764. The maximum atomic E-state index is 12.5. The van der Waals surface area contributed by atoms with Crippen molar-refractivity contribution in [3.8, 4) is 0 Å². The highest BCUT2D eigenvalue weighted by Gasteiger charge is 2.47. The van der Waals surface area contributed by atoms with Crippen LogP contribution in [0.2, 0.25) is 0 Å².